The quantitative estimate of drug-likeness (QED) is 0.585. The Balaban J connectivity index is 1.77. The number of nitrogens with zero attached hydrogens (tertiary/aromatic N) is 2. The number of hydrogen-bond donors (Lipinski definition) is 1. The molecule has 1 unspecified atom stereocenters. The molecule has 0 spiro atoms. The number of H-pyrrole nitrogens is 1. The molecule has 4 aromatic rings. The maximum absolute atomic E-state index is 6.34. The van der Waals surface area contributed by atoms with Crippen LogP contribution in [-0.2, 0) is 0 Å². The molecule has 5 rings (SSSR count). The summed E-state index contributed by atoms with van der Waals surface area (Å²) in [5, 5.41) is 7.83. The number of pyridine rings is 1. The van der Waals surface area contributed by atoms with Crippen LogP contribution in [0, 0.1) is 0 Å². The van der Waals surface area contributed by atoms with E-state index in [4.69, 9.17) is 4.74 Å². The van der Waals surface area contributed by atoms with Crippen molar-refractivity contribution in [3.8, 4) is 28.3 Å². The van der Waals surface area contributed by atoms with E-state index in [0.29, 0.717) is 0 Å². The first kappa shape index (κ1) is 14.0. The molecule has 25 heavy (non-hydrogen) atoms. The van der Waals surface area contributed by atoms with E-state index in [9.17, 15) is 0 Å². The summed E-state index contributed by atoms with van der Waals surface area (Å²) in [5.41, 5.74) is 5.89. The van der Waals surface area contributed by atoms with Gasteiger partial charge in [0.2, 0.25) is 0 Å². The van der Waals surface area contributed by atoms with E-state index in [-0.39, 0.29) is 6.10 Å². The first-order chi connectivity index (χ1) is 12.4. The highest BCUT2D eigenvalue weighted by Crippen LogP contribution is 2.46. The number of nitrogens with one attached hydrogen (secondary N) is 1. The topological polar surface area (TPSA) is 50.8 Å². The molecule has 4 nitrogen and oxygen atoms in total. The summed E-state index contributed by atoms with van der Waals surface area (Å²) >= 11 is 0. The Bertz CT molecular complexity index is 1010. The summed E-state index contributed by atoms with van der Waals surface area (Å²) in [6.45, 7) is 0. The van der Waals surface area contributed by atoms with Crippen LogP contribution in [0.15, 0.2) is 79.0 Å². The molecule has 0 amide bonds. The van der Waals surface area contributed by atoms with E-state index in [2.05, 4.69) is 33.4 Å². The maximum atomic E-state index is 6.34. The Labute approximate surface area is 145 Å². The monoisotopic (exact) mass is 325 g/mol. The number of aromatic nitrogens is 3. The van der Waals surface area contributed by atoms with Crippen molar-refractivity contribution in [2.24, 2.45) is 0 Å². The highest BCUT2D eigenvalue weighted by atomic mass is 16.5. The van der Waals surface area contributed by atoms with Gasteiger partial charge in [-0.15, -0.1) is 0 Å². The van der Waals surface area contributed by atoms with Crippen molar-refractivity contribution in [3.05, 3.63) is 90.3 Å². The number of hydrogen-bond acceptors (Lipinski definition) is 3. The second kappa shape index (κ2) is 5.60. The lowest BCUT2D eigenvalue weighted by molar-refractivity contribution is 0.239. The molecule has 1 aliphatic rings. The van der Waals surface area contributed by atoms with Crippen molar-refractivity contribution in [2.45, 2.75) is 6.10 Å². The van der Waals surface area contributed by atoms with Crippen molar-refractivity contribution >= 4 is 0 Å². The maximum Gasteiger partial charge on any atom is 0.170 e. The highest BCUT2D eigenvalue weighted by Gasteiger charge is 2.33. The van der Waals surface area contributed by atoms with Crippen LogP contribution in [0.2, 0.25) is 0 Å². The van der Waals surface area contributed by atoms with Gasteiger partial charge in [0.05, 0.1) is 17.0 Å². The summed E-state index contributed by atoms with van der Waals surface area (Å²) in [5.74, 6) is 0.842. The Morgan fingerprint density at radius 3 is 2.48 bits per heavy atom. The zero-order valence-electron chi connectivity index (χ0n) is 13.4. The third-order valence-corrected chi connectivity index (χ3v) is 4.47. The third-order valence-electron chi connectivity index (χ3n) is 4.47. The lowest BCUT2D eigenvalue weighted by Crippen LogP contribution is -2.16. The summed E-state index contributed by atoms with van der Waals surface area (Å²) in [7, 11) is 0. The Hall–Kier alpha value is -3.40. The predicted molar refractivity (Wildman–Crippen MR) is 96.2 cm³/mol. The molecule has 1 atom stereocenters. The van der Waals surface area contributed by atoms with E-state index in [1.54, 1.807) is 6.20 Å². The van der Waals surface area contributed by atoms with Gasteiger partial charge in [-0.05, 0) is 24.3 Å². The fraction of sp³-hybridized carbons (Fsp3) is 0.0476. The van der Waals surface area contributed by atoms with Gasteiger partial charge in [0.25, 0.3) is 0 Å². The summed E-state index contributed by atoms with van der Waals surface area (Å²) in [4.78, 5) is 4.52. The van der Waals surface area contributed by atoms with Gasteiger partial charge in [0.15, 0.2) is 6.10 Å². The van der Waals surface area contributed by atoms with Gasteiger partial charge in [0, 0.05) is 17.3 Å². The normalized spacial score (nSPS) is 15.1. The molecule has 120 valence electrons. The van der Waals surface area contributed by atoms with Crippen molar-refractivity contribution in [2.75, 3.05) is 0 Å². The molecule has 0 saturated heterocycles. The minimum atomic E-state index is -0.292. The number of para-hydroxylation sites is 1. The third kappa shape index (κ3) is 2.22. The van der Waals surface area contributed by atoms with Crippen LogP contribution in [0.4, 0.5) is 0 Å². The first-order valence-corrected chi connectivity index (χ1v) is 8.22. The molecular weight excluding hydrogens is 310 g/mol. The average molecular weight is 325 g/mol. The minimum Gasteiger partial charge on any atom is -0.478 e. The van der Waals surface area contributed by atoms with Gasteiger partial charge in [-0.25, -0.2) is 0 Å². The van der Waals surface area contributed by atoms with Gasteiger partial charge in [-0.2, -0.15) is 5.10 Å². The zero-order valence-corrected chi connectivity index (χ0v) is 13.4. The van der Waals surface area contributed by atoms with Crippen LogP contribution >= 0.6 is 0 Å². The van der Waals surface area contributed by atoms with E-state index in [0.717, 1.165) is 39.5 Å². The van der Waals surface area contributed by atoms with Crippen LogP contribution in [0.5, 0.6) is 5.75 Å². The molecule has 1 N–H and O–H groups in total. The molecule has 4 heteroatoms. The lowest BCUT2D eigenvalue weighted by Gasteiger charge is -2.26. The van der Waals surface area contributed by atoms with Crippen LogP contribution in [-0.4, -0.2) is 15.2 Å². The van der Waals surface area contributed by atoms with Crippen molar-refractivity contribution < 1.29 is 4.74 Å². The zero-order chi connectivity index (χ0) is 16.6. The molecule has 1 aliphatic heterocycles. The van der Waals surface area contributed by atoms with Crippen LogP contribution in [0.25, 0.3) is 22.5 Å². The Kier molecular flexibility index (Phi) is 3.13. The van der Waals surface area contributed by atoms with Crippen LogP contribution in [0.3, 0.4) is 0 Å². The van der Waals surface area contributed by atoms with E-state index >= 15 is 0 Å². The largest absolute Gasteiger partial charge is 0.478 e. The number of ether oxygens (including phenoxy) is 1. The van der Waals surface area contributed by atoms with E-state index in [1.165, 1.54) is 0 Å². The lowest BCUT2D eigenvalue weighted by atomic mass is 9.93. The second-order valence-electron chi connectivity index (χ2n) is 5.98. The molecule has 0 bridgehead atoms. The van der Waals surface area contributed by atoms with Crippen molar-refractivity contribution in [1.29, 1.82) is 0 Å². The smallest absolute Gasteiger partial charge is 0.170 e. The van der Waals surface area contributed by atoms with Gasteiger partial charge < -0.3 is 4.74 Å². The number of rotatable bonds is 2. The van der Waals surface area contributed by atoms with E-state index < -0.39 is 0 Å². The Morgan fingerprint density at radius 2 is 1.64 bits per heavy atom. The molecule has 0 aliphatic carbocycles. The molecule has 3 heterocycles. The highest BCUT2D eigenvalue weighted by molar-refractivity contribution is 5.80. The average Bonchev–Trinajstić information content (AvgIpc) is 3.14. The Morgan fingerprint density at radius 1 is 0.840 bits per heavy atom. The molecule has 0 saturated carbocycles. The summed E-state index contributed by atoms with van der Waals surface area (Å²) in [6.07, 6.45) is 1.50. The van der Waals surface area contributed by atoms with Crippen LogP contribution in [0.1, 0.15) is 17.4 Å². The van der Waals surface area contributed by atoms with Gasteiger partial charge in [0.1, 0.15) is 11.4 Å². The molecule has 2 aromatic carbocycles. The van der Waals surface area contributed by atoms with Gasteiger partial charge >= 0.3 is 0 Å². The van der Waals surface area contributed by atoms with Gasteiger partial charge in [-0.1, -0.05) is 48.5 Å². The summed E-state index contributed by atoms with van der Waals surface area (Å²) in [6, 6.07) is 24.1. The minimum absolute atomic E-state index is 0.292. The predicted octanol–water partition coefficient (Wildman–Crippen LogP) is 4.62. The molecule has 0 radical (unpaired) electrons. The van der Waals surface area contributed by atoms with E-state index in [1.807, 2.05) is 54.6 Å². The molecular formula is C21H15N3O. The number of aromatic amines is 1. The SMILES string of the molecule is c1ccc(-c2n[nH]c3c2C(c2ccccn2)Oc2ccccc2-3)cc1. The molecule has 2 aromatic heterocycles. The van der Waals surface area contributed by atoms with Crippen LogP contribution < -0.4 is 4.74 Å². The number of fused-ring (bicyclic) bond motifs is 3. The second-order valence-corrected chi connectivity index (χ2v) is 5.98. The van der Waals surface area contributed by atoms with Crippen molar-refractivity contribution in [3.63, 3.8) is 0 Å². The first-order valence-electron chi connectivity index (χ1n) is 8.22. The number of benzene rings is 2. The fourth-order valence-corrected chi connectivity index (χ4v) is 3.33. The summed E-state index contributed by atoms with van der Waals surface area (Å²) < 4.78 is 6.34. The standard InChI is InChI=1S/C21H15N3O/c1-2-8-14(9-3-1)19-18-20(24-23-19)15-10-4-5-12-17(15)25-21(18)16-11-6-7-13-22-16/h1-13,21H,(H,23,24). The van der Waals surface area contributed by atoms with Gasteiger partial charge in [-0.3, -0.25) is 10.1 Å². The van der Waals surface area contributed by atoms with Crippen molar-refractivity contribution in [1.82, 2.24) is 15.2 Å². The molecule has 0 fully saturated rings. The fourth-order valence-electron chi connectivity index (χ4n) is 3.33.